The van der Waals surface area contributed by atoms with Crippen LogP contribution in [0.1, 0.15) is 5.56 Å². The summed E-state index contributed by atoms with van der Waals surface area (Å²) in [5, 5.41) is 17.2. The van der Waals surface area contributed by atoms with E-state index >= 15 is 0 Å². The third kappa shape index (κ3) is 3.73. The van der Waals surface area contributed by atoms with E-state index in [9.17, 15) is 0 Å². The van der Waals surface area contributed by atoms with E-state index in [-0.39, 0.29) is 0 Å². The van der Waals surface area contributed by atoms with Crippen molar-refractivity contribution in [2.45, 2.75) is 6.92 Å². The van der Waals surface area contributed by atoms with Gasteiger partial charge in [0.05, 0.1) is 11.4 Å². The van der Waals surface area contributed by atoms with Gasteiger partial charge in [-0.25, -0.2) is 4.98 Å². The van der Waals surface area contributed by atoms with Gasteiger partial charge in [-0.2, -0.15) is 0 Å². The lowest BCUT2D eigenvalue weighted by atomic mass is 10.1. The second-order valence-electron chi connectivity index (χ2n) is 6.89. The Kier molecular flexibility index (Phi) is 4.50. The lowest BCUT2D eigenvalue weighted by Gasteiger charge is -2.04. The normalized spacial score (nSPS) is 10.9. The van der Waals surface area contributed by atoms with Crippen LogP contribution in [0.25, 0.3) is 33.3 Å². The smallest absolute Gasteiger partial charge is 0.188 e. The molecule has 5 aromatic rings. The molecule has 2 aromatic heterocycles. The zero-order chi connectivity index (χ0) is 19.6. The number of aromatic nitrogens is 3. The van der Waals surface area contributed by atoms with Crippen LogP contribution in [0, 0.1) is 6.92 Å². The molecule has 5 rings (SSSR count). The van der Waals surface area contributed by atoms with Crippen LogP contribution in [0.2, 0.25) is 0 Å². The molecule has 0 unspecified atom stereocenters. The number of thiazole rings is 1. The number of aryl methyl sites for hydroxylation is 1. The number of rotatable bonds is 4. The van der Waals surface area contributed by atoms with E-state index < -0.39 is 0 Å². The zero-order valence-corrected chi connectivity index (χ0v) is 16.6. The third-order valence-electron chi connectivity index (χ3n) is 4.80. The topological polar surface area (TPSA) is 50.7 Å². The minimum Gasteiger partial charge on any atom is -0.315 e. The molecule has 140 valence electrons. The molecule has 0 fully saturated rings. The molecule has 29 heavy (non-hydrogen) atoms. The minimum atomic E-state index is 0.681. The molecule has 0 amide bonds. The average Bonchev–Trinajstić information content (AvgIpc) is 3.23. The fourth-order valence-corrected chi connectivity index (χ4v) is 3.93. The van der Waals surface area contributed by atoms with Crippen molar-refractivity contribution in [3.63, 3.8) is 0 Å². The van der Waals surface area contributed by atoms with E-state index in [1.165, 1.54) is 16.3 Å². The van der Waals surface area contributed by atoms with Crippen LogP contribution >= 0.6 is 11.3 Å². The summed E-state index contributed by atoms with van der Waals surface area (Å²) in [5.41, 5.74) is 5.20. The van der Waals surface area contributed by atoms with Crippen LogP contribution in [0.3, 0.4) is 0 Å². The molecule has 0 aliphatic carbocycles. The van der Waals surface area contributed by atoms with Crippen molar-refractivity contribution in [3.8, 4) is 22.5 Å². The minimum absolute atomic E-state index is 0.681. The van der Waals surface area contributed by atoms with Crippen LogP contribution in [-0.4, -0.2) is 15.2 Å². The highest BCUT2D eigenvalue weighted by atomic mass is 32.1. The molecule has 2 heterocycles. The monoisotopic (exact) mass is 394 g/mol. The number of fused-ring (bicyclic) bond motifs is 1. The average molecular weight is 395 g/mol. The van der Waals surface area contributed by atoms with Crippen molar-refractivity contribution in [1.29, 1.82) is 0 Å². The highest BCUT2D eigenvalue weighted by molar-refractivity contribution is 7.14. The Balaban J connectivity index is 1.34. The molecule has 0 saturated heterocycles. The molecule has 0 atom stereocenters. The number of anilines is 2. The first kappa shape index (κ1) is 17.5. The summed E-state index contributed by atoms with van der Waals surface area (Å²) in [7, 11) is 0. The van der Waals surface area contributed by atoms with E-state index in [2.05, 4.69) is 94.5 Å². The van der Waals surface area contributed by atoms with Crippen molar-refractivity contribution in [3.05, 3.63) is 89.8 Å². The molecular formula is C24H18N4S. The van der Waals surface area contributed by atoms with Crippen molar-refractivity contribution in [1.82, 2.24) is 15.2 Å². The summed E-state index contributed by atoms with van der Waals surface area (Å²) in [6.45, 7) is 2.07. The van der Waals surface area contributed by atoms with E-state index in [0.29, 0.717) is 5.82 Å². The summed E-state index contributed by atoms with van der Waals surface area (Å²) in [4.78, 5) is 4.71. The van der Waals surface area contributed by atoms with Crippen LogP contribution in [0.5, 0.6) is 0 Å². The molecular weight excluding hydrogens is 376 g/mol. The van der Waals surface area contributed by atoms with Gasteiger partial charge in [-0.05, 0) is 35.9 Å². The van der Waals surface area contributed by atoms with Gasteiger partial charge in [0.15, 0.2) is 10.9 Å². The maximum Gasteiger partial charge on any atom is 0.188 e. The van der Waals surface area contributed by atoms with Gasteiger partial charge in [0.2, 0.25) is 0 Å². The van der Waals surface area contributed by atoms with Gasteiger partial charge < -0.3 is 5.32 Å². The van der Waals surface area contributed by atoms with Gasteiger partial charge in [0, 0.05) is 16.5 Å². The Morgan fingerprint density at radius 1 is 0.724 bits per heavy atom. The summed E-state index contributed by atoms with van der Waals surface area (Å²) < 4.78 is 0. The summed E-state index contributed by atoms with van der Waals surface area (Å²) in [6, 6.07) is 26.9. The predicted molar refractivity (Wildman–Crippen MR) is 121 cm³/mol. The van der Waals surface area contributed by atoms with Gasteiger partial charge in [-0.15, -0.1) is 21.5 Å². The lowest BCUT2D eigenvalue weighted by molar-refractivity contribution is 1.04. The summed E-state index contributed by atoms with van der Waals surface area (Å²) in [6.07, 6.45) is 0. The highest BCUT2D eigenvalue weighted by Gasteiger charge is 2.07. The Labute approximate surface area is 172 Å². The van der Waals surface area contributed by atoms with Crippen molar-refractivity contribution in [2.75, 3.05) is 5.32 Å². The number of nitrogens with one attached hydrogen (secondary N) is 1. The second-order valence-corrected chi connectivity index (χ2v) is 7.75. The fraction of sp³-hybridized carbons (Fsp3) is 0.0417. The number of benzene rings is 3. The SMILES string of the molecule is Cc1ccc(-c2ccc(Nc3nc(-c4ccc5ccccc5c4)cs3)nn2)cc1. The first-order chi connectivity index (χ1) is 14.2. The quantitative estimate of drug-likeness (QED) is 0.379. The molecule has 0 radical (unpaired) electrons. The number of hydrogen-bond acceptors (Lipinski definition) is 5. The molecule has 5 heteroatoms. The van der Waals surface area contributed by atoms with Gasteiger partial charge in [-0.3, -0.25) is 0 Å². The largest absolute Gasteiger partial charge is 0.315 e. The van der Waals surface area contributed by atoms with Gasteiger partial charge in [-0.1, -0.05) is 66.2 Å². The Morgan fingerprint density at radius 2 is 1.52 bits per heavy atom. The van der Waals surface area contributed by atoms with Crippen molar-refractivity contribution >= 4 is 33.1 Å². The first-order valence-electron chi connectivity index (χ1n) is 9.37. The predicted octanol–water partition coefficient (Wildman–Crippen LogP) is 6.47. The lowest BCUT2D eigenvalue weighted by Crippen LogP contribution is -1.96. The maximum atomic E-state index is 4.71. The molecule has 1 N–H and O–H groups in total. The number of hydrogen-bond donors (Lipinski definition) is 1. The second kappa shape index (κ2) is 7.45. The van der Waals surface area contributed by atoms with Gasteiger partial charge in [0.25, 0.3) is 0 Å². The van der Waals surface area contributed by atoms with Gasteiger partial charge in [0.1, 0.15) is 0 Å². The fourth-order valence-electron chi connectivity index (χ4n) is 3.20. The van der Waals surface area contributed by atoms with Crippen molar-refractivity contribution in [2.24, 2.45) is 0 Å². The van der Waals surface area contributed by atoms with Crippen molar-refractivity contribution < 1.29 is 0 Å². The van der Waals surface area contributed by atoms with Crippen LogP contribution < -0.4 is 5.32 Å². The van der Waals surface area contributed by atoms with Crippen LogP contribution in [-0.2, 0) is 0 Å². The molecule has 0 aliphatic heterocycles. The number of nitrogens with zero attached hydrogens (tertiary/aromatic N) is 3. The first-order valence-corrected chi connectivity index (χ1v) is 10.3. The standard InChI is InChI=1S/C24H18N4S/c1-16-6-8-18(9-7-16)21-12-13-23(28-27-21)26-24-25-22(15-29-24)20-11-10-17-4-2-3-5-19(17)14-20/h2-15H,1H3,(H,25,26,28). The van der Waals surface area contributed by atoms with Gasteiger partial charge >= 0.3 is 0 Å². The highest BCUT2D eigenvalue weighted by Crippen LogP contribution is 2.29. The molecule has 0 aliphatic rings. The Bertz CT molecular complexity index is 1270. The molecule has 4 nitrogen and oxygen atoms in total. The maximum absolute atomic E-state index is 4.71. The summed E-state index contributed by atoms with van der Waals surface area (Å²) >= 11 is 1.56. The van der Waals surface area contributed by atoms with Crippen LogP contribution in [0.15, 0.2) is 84.2 Å². The molecule has 0 bridgehead atoms. The van der Waals surface area contributed by atoms with E-state index in [4.69, 9.17) is 4.98 Å². The molecule has 0 saturated carbocycles. The zero-order valence-electron chi connectivity index (χ0n) is 15.8. The van der Waals surface area contributed by atoms with E-state index in [0.717, 1.165) is 27.6 Å². The summed E-state index contributed by atoms with van der Waals surface area (Å²) in [5.74, 6) is 0.681. The van der Waals surface area contributed by atoms with Crippen LogP contribution in [0.4, 0.5) is 10.9 Å². The van der Waals surface area contributed by atoms with E-state index in [1.807, 2.05) is 12.1 Å². The Hall–Kier alpha value is -3.57. The molecule has 3 aromatic carbocycles. The third-order valence-corrected chi connectivity index (χ3v) is 5.55. The molecule has 0 spiro atoms. The van der Waals surface area contributed by atoms with E-state index in [1.54, 1.807) is 11.3 Å². The Morgan fingerprint density at radius 3 is 2.31 bits per heavy atom.